The van der Waals surface area contributed by atoms with Crippen molar-refractivity contribution >= 4 is 11.9 Å². The summed E-state index contributed by atoms with van der Waals surface area (Å²) in [6.07, 6.45) is 3.20. The maximum Gasteiger partial charge on any atom is 0.253 e. The first-order valence-corrected chi connectivity index (χ1v) is 3.16. The lowest BCUT2D eigenvalue weighted by Crippen LogP contribution is -2.12. The summed E-state index contributed by atoms with van der Waals surface area (Å²) in [5.41, 5.74) is 0.460. The minimum absolute atomic E-state index is 0.222. The highest BCUT2D eigenvalue weighted by atomic mass is 16.1. The number of amides is 1. The second-order valence-electron chi connectivity index (χ2n) is 2.17. The molecule has 0 aliphatic carbocycles. The summed E-state index contributed by atoms with van der Waals surface area (Å²) in [5, 5.41) is 2.52. The number of anilines is 1. The third-order valence-electron chi connectivity index (χ3n) is 1.12. The van der Waals surface area contributed by atoms with Gasteiger partial charge in [0.25, 0.3) is 5.91 Å². The van der Waals surface area contributed by atoms with Gasteiger partial charge in [-0.1, -0.05) is 6.58 Å². The Morgan fingerprint density at radius 2 is 2.55 bits per heavy atom. The van der Waals surface area contributed by atoms with Crippen LogP contribution in [0, 0.1) is 0 Å². The van der Waals surface area contributed by atoms with E-state index in [0.717, 1.165) is 0 Å². The van der Waals surface area contributed by atoms with Gasteiger partial charge in [0.1, 0.15) is 0 Å². The molecule has 11 heavy (non-hydrogen) atoms. The number of aromatic nitrogens is 2. The third-order valence-corrected chi connectivity index (χ3v) is 1.12. The molecule has 2 N–H and O–H groups in total. The average molecular weight is 151 g/mol. The van der Waals surface area contributed by atoms with Crippen LogP contribution in [0.15, 0.2) is 24.5 Å². The molecule has 0 aliphatic heterocycles. The van der Waals surface area contributed by atoms with Crippen molar-refractivity contribution in [2.24, 2.45) is 0 Å². The predicted molar refractivity (Wildman–Crippen MR) is 42.0 cm³/mol. The number of nitrogens with zero attached hydrogens (tertiary/aromatic N) is 1. The first kappa shape index (κ1) is 7.53. The van der Waals surface area contributed by atoms with E-state index in [2.05, 4.69) is 21.9 Å². The molecule has 0 spiro atoms. The lowest BCUT2D eigenvalue weighted by molar-refractivity contribution is -0.112. The topological polar surface area (TPSA) is 57.8 Å². The van der Waals surface area contributed by atoms with Crippen LogP contribution in [0.5, 0.6) is 0 Å². The molecule has 1 rings (SSSR count). The van der Waals surface area contributed by atoms with Gasteiger partial charge < -0.3 is 4.98 Å². The number of rotatable bonds is 2. The zero-order chi connectivity index (χ0) is 8.27. The minimum atomic E-state index is -0.222. The van der Waals surface area contributed by atoms with E-state index in [1.807, 2.05) is 0 Å². The van der Waals surface area contributed by atoms with Gasteiger partial charge in [0.2, 0.25) is 5.95 Å². The maximum absolute atomic E-state index is 10.9. The molecule has 0 atom stereocenters. The fourth-order valence-electron chi connectivity index (χ4n) is 0.548. The second-order valence-corrected chi connectivity index (χ2v) is 2.17. The summed E-state index contributed by atoms with van der Waals surface area (Å²) >= 11 is 0. The van der Waals surface area contributed by atoms with Crippen molar-refractivity contribution in [2.45, 2.75) is 6.92 Å². The second kappa shape index (κ2) is 3.01. The van der Waals surface area contributed by atoms with Crippen LogP contribution < -0.4 is 5.32 Å². The Morgan fingerprint density at radius 3 is 3.00 bits per heavy atom. The molecule has 0 saturated carbocycles. The summed E-state index contributed by atoms with van der Waals surface area (Å²) in [7, 11) is 0. The summed E-state index contributed by atoms with van der Waals surface area (Å²) in [6.45, 7) is 5.12. The molecule has 0 aliphatic rings. The molecule has 4 heteroatoms. The molecule has 0 bridgehead atoms. The monoisotopic (exact) mass is 151 g/mol. The Kier molecular flexibility index (Phi) is 2.06. The van der Waals surface area contributed by atoms with Gasteiger partial charge in [-0.05, 0) is 6.92 Å². The molecule has 0 fully saturated rings. The lowest BCUT2D eigenvalue weighted by Gasteiger charge is -1.98. The lowest BCUT2D eigenvalue weighted by atomic mass is 10.3. The van der Waals surface area contributed by atoms with E-state index >= 15 is 0 Å². The van der Waals surface area contributed by atoms with Gasteiger partial charge in [-0.2, -0.15) is 0 Å². The van der Waals surface area contributed by atoms with E-state index in [1.54, 1.807) is 19.3 Å². The van der Waals surface area contributed by atoms with Gasteiger partial charge in [-0.15, -0.1) is 0 Å². The van der Waals surface area contributed by atoms with Crippen LogP contribution in [0.25, 0.3) is 0 Å². The molecule has 1 heterocycles. The van der Waals surface area contributed by atoms with Crippen LogP contribution in [0.1, 0.15) is 6.92 Å². The molecule has 0 saturated heterocycles. The quantitative estimate of drug-likeness (QED) is 0.617. The van der Waals surface area contributed by atoms with E-state index in [9.17, 15) is 4.79 Å². The van der Waals surface area contributed by atoms with Gasteiger partial charge in [-0.3, -0.25) is 10.1 Å². The molecular formula is C7H9N3O. The predicted octanol–water partition coefficient (Wildman–Crippen LogP) is 0.924. The Balaban J connectivity index is 2.57. The number of aromatic amines is 1. The average Bonchev–Trinajstić information content (AvgIpc) is 2.39. The van der Waals surface area contributed by atoms with Crippen LogP contribution in [-0.2, 0) is 4.79 Å². The molecule has 0 aromatic carbocycles. The minimum Gasteiger partial charge on any atom is -0.331 e. The van der Waals surface area contributed by atoms with Crippen LogP contribution >= 0.6 is 0 Å². The fraction of sp³-hybridized carbons (Fsp3) is 0.143. The number of imidazole rings is 1. The first-order valence-electron chi connectivity index (χ1n) is 3.16. The highest BCUT2D eigenvalue weighted by Crippen LogP contribution is 1.97. The largest absolute Gasteiger partial charge is 0.331 e. The summed E-state index contributed by atoms with van der Waals surface area (Å²) < 4.78 is 0. The Hall–Kier alpha value is -1.58. The van der Waals surface area contributed by atoms with Crippen molar-refractivity contribution in [2.75, 3.05) is 5.32 Å². The van der Waals surface area contributed by atoms with Gasteiger partial charge >= 0.3 is 0 Å². The van der Waals surface area contributed by atoms with Crippen molar-refractivity contribution in [3.63, 3.8) is 0 Å². The van der Waals surface area contributed by atoms with Crippen LogP contribution in [0.4, 0.5) is 5.95 Å². The highest BCUT2D eigenvalue weighted by Gasteiger charge is 2.02. The number of hydrogen-bond donors (Lipinski definition) is 2. The van der Waals surface area contributed by atoms with E-state index < -0.39 is 0 Å². The molecule has 1 amide bonds. The Labute approximate surface area is 64.3 Å². The summed E-state index contributed by atoms with van der Waals surface area (Å²) in [5.74, 6) is 0.220. The summed E-state index contributed by atoms with van der Waals surface area (Å²) in [6, 6.07) is 0. The standard InChI is InChI=1S/C7H9N3O/c1-5(2)6(11)10-7-8-3-4-9-7/h3-4H,1H2,2H3,(H2,8,9,10,11). The van der Waals surface area contributed by atoms with E-state index in [-0.39, 0.29) is 5.91 Å². The molecule has 1 aromatic heterocycles. The zero-order valence-electron chi connectivity index (χ0n) is 6.22. The Bertz CT molecular complexity index is 263. The highest BCUT2D eigenvalue weighted by molar-refractivity contribution is 6.01. The maximum atomic E-state index is 10.9. The Morgan fingerprint density at radius 1 is 1.82 bits per heavy atom. The molecule has 4 nitrogen and oxygen atoms in total. The van der Waals surface area contributed by atoms with Crippen molar-refractivity contribution in [1.82, 2.24) is 9.97 Å². The molecule has 58 valence electrons. The van der Waals surface area contributed by atoms with Gasteiger partial charge in [-0.25, -0.2) is 4.98 Å². The SMILES string of the molecule is C=C(C)C(=O)Nc1ncc[nH]1. The first-order chi connectivity index (χ1) is 5.20. The van der Waals surface area contributed by atoms with Crippen LogP contribution in [0.2, 0.25) is 0 Å². The molecule has 0 radical (unpaired) electrons. The molecule has 1 aromatic rings. The molecular weight excluding hydrogens is 142 g/mol. The van der Waals surface area contributed by atoms with Crippen molar-refractivity contribution in [3.8, 4) is 0 Å². The molecule has 0 unspecified atom stereocenters. The third kappa shape index (κ3) is 1.93. The van der Waals surface area contributed by atoms with Gasteiger partial charge in [0.15, 0.2) is 0 Å². The van der Waals surface area contributed by atoms with Crippen molar-refractivity contribution in [1.29, 1.82) is 0 Å². The number of carbonyl (C=O) groups is 1. The smallest absolute Gasteiger partial charge is 0.253 e. The number of carbonyl (C=O) groups excluding carboxylic acids is 1. The van der Waals surface area contributed by atoms with Gasteiger partial charge in [0.05, 0.1) is 0 Å². The normalized spacial score (nSPS) is 9.18. The zero-order valence-corrected chi connectivity index (χ0v) is 6.22. The van der Waals surface area contributed by atoms with Crippen molar-refractivity contribution in [3.05, 3.63) is 24.5 Å². The number of H-pyrrole nitrogens is 1. The van der Waals surface area contributed by atoms with Crippen LogP contribution in [0.3, 0.4) is 0 Å². The van der Waals surface area contributed by atoms with E-state index in [0.29, 0.717) is 11.5 Å². The number of nitrogens with one attached hydrogen (secondary N) is 2. The van der Waals surface area contributed by atoms with E-state index in [4.69, 9.17) is 0 Å². The summed E-state index contributed by atoms with van der Waals surface area (Å²) in [4.78, 5) is 17.5. The number of hydrogen-bond acceptors (Lipinski definition) is 2. The van der Waals surface area contributed by atoms with Crippen molar-refractivity contribution < 1.29 is 4.79 Å². The van der Waals surface area contributed by atoms with E-state index in [1.165, 1.54) is 0 Å². The van der Waals surface area contributed by atoms with Crippen LogP contribution in [-0.4, -0.2) is 15.9 Å². The fourth-order valence-corrected chi connectivity index (χ4v) is 0.548. The van der Waals surface area contributed by atoms with Gasteiger partial charge in [0, 0.05) is 18.0 Å².